The van der Waals surface area contributed by atoms with Gasteiger partial charge in [0.1, 0.15) is 0 Å². The monoisotopic (exact) mass is 292 g/mol. The van der Waals surface area contributed by atoms with E-state index >= 15 is 0 Å². The van der Waals surface area contributed by atoms with Crippen LogP contribution in [-0.2, 0) is 0 Å². The minimum atomic E-state index is -4.66. The number of nitrogens with one attached hydrogen (secondary N) is 1. The molecule has 6 heteroatoms. The van der Waals surface area contributed by atoms with Crippen LogP contribution < -0.4 is 5.43 Å². The fraction of sp³-hybridized carbons (Fsp3) is 0.0667. The molecule has 0 spiro atoms. The molecule has 0 heterocycles. The summed E-state index contributed by atoms with van der Waals surface area (Å²) < 4.78 is 38.9. The Morgan fingerprint density at radius 3 is 1.81 bits per heavy atom. The van der Waals surface area contributed by atoms with Crippen LogP contribution in [-0.4, -0.2) is 17.8 Å². The Kier molecular flexibility index (Phi) is 4.37. The third-order valence-electron chi connectivity index (χ3n) is 2.62. The third kappa shape index (κ3) is 3.92. The van der Waals surface area contributed by atoms with E-state index in [2.05, 4.69) is 5.10 Å². The van der Waals surface area contributed by atoms with Gasteiger partial charge in [-0.3, -0.25) is 4.79 Å². The number of carbonyl (C=O) groups excluding carboxylic acids is 1. The highest BCUT2D eigenvalue weighted by atomic mass is 19.4. The SMILES string of the molecule is O=C(N/N=C(/c1ccccc1)C(F)(F)F)c1ccccc1. The molecule has 0 saturated heterocycles. The van der Waals surface area contributed by atoms with Crippen LogP contribution in [0.2, 0.25) is 0 Å². The van der Waals surface area contributed by atoms with E-state index in [0.29, 0.717) is 0 Å². The molecule has 0 aliphatic carbocycles. The molecule has 0 fully saturated rings. The molecule has 0 atom stereocenters. The van der Waals surface area contributed by atoms with Crippen molar-refractivity contribution in [3.05, 3.63) is 71.8 Å². The van der Waals surface area contributed by atoms with Crippen LogP contribution >= 0.6 is 0 Å². The summed E-state index contributed by atoms with van der Waals surface area (Å²) in [7, 11) is 0. The smallest absolute Gasteiger partial charge is 0.267 e. The average molecular weight is 292 g/mol. The normalized spacial score (nSPS) is 12.0. The van der Waals surface area contributed by atoms with Crippen LogP contribution in [0.15, 0.2) is 65.8 Å². The van der Waals surface area contributed by atoms with E-state index in [-0.39, 0.29) is 11.1 Å². The number of nitrogens with zero attached hydrogens (tertiary/aromatic N) is 1. The Bertz CT molecular complexity index is 637. The maximum Gasteiger partial charge on any atom is 0.435 e. The number of hydrogen-bond donors (Lipinski definition) is 1. The van der Waals surface area contributed by atoms with E-state index < -0.39 is 17.8 Å². The fourth-order valence-corrected chi connectivity index (χ4v) is 1.65. The number of hydrazone groups is 1. The molecular formula is C15H11F3N2O. The maximum absolute atomic E-state index is 13.0. The number of amides is 1. The molecule has 2 aromatic rings. The van der Waals surface area contributed by atoms with Gasteiger partial charge in [-0.25, -0.2) is 5.43 Å². The summed E-state index contributed by atoms with van der Waals surface area (Å²) in [4.78, 5) is 11.7. The average Bonchev–Trinajstić information content (AvgIpc) is 2.48. The van der Waals surface area contributed by atoms with Crippen molar-refractivity contribution in [1.82, 2.24) is 5.43 Å². The molecule has 0 radical (unpaired) electrons. The number of hydrogen-bond acceptors (Lipinski definition) is 2. The molecule has 0 saturated carbocycles. The zero-order valence-corrected chi connectivity index (χ0v) is 10.8. The lowest BCUT2D eigenvalue weighted by molar-refractivity contribution is -0.0583. The highest BCUT2D eigenvalue weighted by molar-refractivity contribution is 6.05. The molecule has 2 rings (SSSR count). The number of alkyl halides is 3. The van der Waals surface area contributed by atoms with Crippen molar-refractivity contribution >= 4 is 11.6 Å². The summed E-state index contributed by atoms with van der Waals surface area (Å²) in [6, 6.07) is 15.0. The molecule has 1 N–H and O–H groups in total. The lowest BCUT2D eigenvalue weighted by Crippen LogP contribution is -2.29. The van der Waals surface area contributed by atoms with Gasteiger partial charge in [0, 0.05) is 11.1 Å². The summed E-state index contributed by atoms with van der Waals surface area (Å²) in [6.07, 6.45) is -4.66. The molecule has 0 aromatic heterocycles. The Morgan fingerprint density at radius 1 is 0.857 bits per heavy atom. The van der Waals surface area contributed by atoms with Crippen molar-refractivity contribution in [2.24, 2.45) is 5.10 Å². The van der Waals surface area contributed by atoms with Gasteiger partial charge in [-0.2, -0.15) is 18.3 Å². The van der Waals surface area contributed by atoms with Gasteiger partial charge >= 0.3 is 6.18 Å². The molecule has 0 aliphatic rings. The molecule has 1 amide bonds. The van der Waals surface area contributed by atoms with Crippen LogP contribution in [0.3, 0.4) is 0 Å². The van der Waals surface area contributed by atoms with Crippen LogP contribution in [0, 0.1) is 0 Å². The minimum Gasteiger partial charge on any atom is -0.267 e. The van der Waals surface area contributed by atoms with Gasteiger partial charge in [-0.05, 0) is 12.1 Å². The first-order chi connectivity index (χ1) is 9.98. The second-order valence-electron chi connectivity index (χ2n) is 4.13. The van der Waals surface area contributed by atoms with E-state index in [0.717, 1.165) is 0 Å². The number of halogens is 3. The summed E-state index contributed by atoms with van der Waals surface area (Å²) >= 11 is 0. The number of carbonyl (C=O) groups is 1. The first-order valence-corrected chi connectivity index (χ1v) is 6.04. The second-order valence-corrected chi connectivity index (χ2v) is 4.13. The summed E-state index contributed by atoms with van der Waals surface area (Å²) in [5.74, 6) is -0.701. The lowest BCUT2D eigenvalue weighted by atomic mass is 10.1. The van der Waals surface area contributed by atoms with Crippen LogP contribution in [0.1, 0.15) is 15.9 Å². The zero-order valence-electron chi connectivity index (χ0n) is 10.8. The summed E-state index contributed by atoms with van der Waals surface area (Å²) in [6.45, 7) is 0. The molecule has 0 bridgehead atoms. The molecule has 2 aromatic carbocycles. The van der Waals surface area contributed by atoms with Gasteiger partial charge in [-0.15, -0.1) is 0 Å². The Labute approximate surface area is 119 Å². The molecule has 0 aliphatic heterocycles. The Balaban J connectivity index is 2.25. The van der Waals surface area contributed by atoms with Crippen LogP contribution in [0.25, 0.3) is 0 Å². The first-order valence-electron chi connectivity index (χ1n) is 6.04. The van der Waals surface area contributed by atoms with Crippen molar-refractivity contribution in [3.63, 3.8) is 0 Å². The quantitative estimate of drug-likeness (QED) is 0.684. The molecule has 21 heavy (non-hydrogen) atoms. The molecule has 0 unspecified atom stereocenters. The number of rotatable bonds is 3. The van der Waals surface area contributed by atoms with Gasteiger partial charge in [0.05, 0.1) is 0 Å². The highest BCUT2D eigenvalue weighted by Gasteiger charge is 2.37. The van der Waals surface area contributed by atoms with E-state index in [1.807, 2.05) is 5.43 Å². The van der Waals surface area contributed by atoms with E-state index in [4.69, 9.17) is 0 Å². The van der Waals surface area contributed by atoms with Gasteiger partial charge < -0.3 is 0 Å². The highest BCUT2D eigenvalue weighted by Crippen LogP contribution is 2.22. The van der Waals surface area contributed by atoms with E-state index in [1.54, 1.807) is 24.3 Å². The van der Waals surface area contributed by atoms with Gasteiger partial charge in [-0.1, -0.05) is 48.5 Å². The van der Waals surface area contributed by atoms with Gasteiger partial charge in [0.15, 0.2) is 5.71 Å². The zero-order chi connectivity index (χ0) is 15.3. The molecule has 108 valence electrons. The van der Waals surface area contributed by atoms with Gasteiger partial charge in [0.25, 0.3) is 5.91 Å². The third-order valence-corrected chi connectivity index (χ3v) is 2.62. The summed E-state index contributed by atoms with van der Waals surface area (Å²) in [5.41, 5.74) is 0.907. The van der Waals surface area contributed by atoms with Crippen molar-refractivity contribution in [3.8, 4) is 0 Å². The van der Waals surface area contributed by atoms with Gasteiger partial charge in [0.2, 0.25) is 0 Å². The largest absolute Gasteiger partial charge is 0.435 e. The van der Waals surface area contributed by atoms with Crippen molar-refractivity contribution in [1.29, 1.82) is 0 Å². The second kappa shape index (κ2) is 6.21. The standard InChI is InChI=1S/C15H11F3N2O/c16-15(17,18)13(11-7-3-1-4-8-11)19-20-14(21)12-9-5-2-6-10-12/h1-10H,(H,20,21)/b19-13-. The minimum absolute atomic E-state index is 0.113. The van der Waals surface area contributed by atoms with E-state index in [9.17, 15) is 18.0 Å². The maximum atomic E-state index is 13.0. The predicted octanol–water partition coefficient (Wildman–Crippen LogP) is 3.38. The van der Waals surface area contributed by atoms with Crippen molar-refractivity contribution < 1.29 is 18.0 Å². The van der Waals surface area contributed by atoms with E-state index in [1.165, 1.54) is 36.4 Å². The predicted molar refractivity (Wildman–Crippen MR) is 72.9 cm³/mol. The number of benzene rings is 2. The van der Waals surface area contributed by atoms with Crippen molar-refractivity contribution in [2.45, 2.75) is 6.18 Å². The molecular weight excluding hydrogens is 281 g/mol. The van der Waals surface area contributed by atoms with Crippen LogP contribution in [0.5, 0.6) is 0 Å². The topological polar surface area (TPSA) is 41.5 Å². The Morgan fingerprint density at radius 2 is 1.33 bits per heavy atom. The lowest BCUT2D eigenvalue weighted by Gasteiger charge is -2.10. The fourth-order valence-electron chi connectivity index (χ4n) is 1.65. The first kappa shape index (κ1) is 14.8. The Hall–Kier alpha value is -2.63. The molecule has 3 nitrogen and oxygen atoms in total. The summed E-state index contributed by atoms with van der Waals surface area (Å²) in [5, 5.41) is 3.23. The van der Waals surface area contributed by atoms with Crippen molar-refractivity contribution in [2.75, 3.05) is 0 Å². The van der Waals surface area contributed by atoms with Crippen LogP contribution in [0.4, 0.5) is 13.2 Å².